The van der Waals surface area contributed by atoms with Crippen molar-refractivity contribution in [3.8, 4) is 0 Å². The molecular weight excluding hydrogens is 260 g/mol. The molecule has 3 nitrogen and oxygen atoms in total. The maximum absolute atomic E-state index is 11.0. The van der Waals surface area contributed by atoms with Crippen LogP contribution in [0, 0.1) is 6.92 Å². The normalized spacial score (nSPS) is 9.29. The Hall–Kier alpha value is -1.87. The summed E-state index contributed by atoms with van der Waals surface area (Å²) in [6.45, 7) is 12.0. The van der Waals surface area contributed by atoms with Crippen molar-refractivity contribution in [3.05, 3.63) is 41.6 Å². The number of aromatic nitrogens is 1. The zero-order chi connectivity index (χ0) is 16.6. The summed E-state index contributed by atoms with van der Waals surface area (Å²) in [5.74, 6) is 0. The predicted molar refractivity (Wildman–Crippen MR) is 94.1 cm³/mol. The van der Waals surface area contributed by atoms with Gasteiger partial charge >= 0.3 is 0 Å². The van der Waals surface area contributed by atoms with E-state index in [1.807, 2.05) is 65.7 Å². The van der Waals surface area contributed by atoms with E-state index in [9.17, 15) is 4.79 Å². The number of nitrogens with zero attached hydrogens (tertiary/aromatic N) is 1. The lowest BCUT2D eigenvalue weighted by molar-refractivity contribution is 0.112. The first kappa shape index (κ1) is 19.1. The molecule has 116 valence electrons. The molecule has 1 heterocycles. The second kappa shape index (κ2) is 9.14. The standard InChI is InChI=1S/C14H15NO.C2H7N.C2H6/c1-9(2)12-5-10(3)6-13-11(8-16)7-15(4)14(12)13;1-3-2;1-2/h5-8H,1H2,2-4H3;3H,1-2H3;1-2H3. The molecule has 0 spiro atoms. The summed E-state index contributed by atoms with van der Waals surface area (Å²) in [6, 6.07) is 4.16. The average Bonchev–Trinajstić information content (AvgIpc) is 2.77. The molecule has 1 aromatic carbocycles. The summed E-state index contributed by atoms with van der Waals surface area (Å²) in [5, 5.41) is 3.76. The number of nitrogens with one attached hydrogen (secondary N) is 1. The van der Waals surface area contributed by atoms with Gasteiger partial charge in [0.25, 0.3) is 0 Å². The second-order valence-corrected chi connectivity index (χ2v) is 4.80. The van der Waals surface area contributed by atoms with Gasteiger partial charge in [0.05, 0.1) is 5.52 Å². The van der Waals surface area contributed by atoms with Crippen LogP contribution < -0.4 is 5.32 Å². The number of benzene rings is 1. The molecule has 0 aliphatic carbocycles. The summed E-state index contributed by atoms with van der Waals surface area (Å²) in [6.07, 6.45) is 2.77. The third-order valence-electron chi connectivity index (χ3n) is 2.84. The van der Waals surface area contributed by atoms with Crippen molar-refractivity contribution in [1.82, 2.24) is 9.88 Å². The Morgan fingerprint density at radius 2 is 1.81 bits per heavy atom. The van der Waals surface area contributed by atoms with Crippen LogP contribution in [0.25, 0.3) is 16.5 Å². The molecule has 0 aliphatic rings. The van der Waals surface area contributed by atoms with E-state index in [2.05, 4.69) is 18.0 Å². The predicted octanol–water partition coefficient (Wildman–Crippen LogP) is 4.19. The van der Waals surface area contributed by atoms with Crippen LogP contribution in [0.5, 0.6) is 0 Å². The minimum atomic E-state index is 0.740. The number of rotatable bonds is 2. The van der Waals surface area contributed by atoms with Gasteiger partial charge in [0.15, 0.2) is 6.29 Å². The van der Waals surface area contributed by atoms with Crippen LogP contribution in [0.3, 0.4) is 0 Å². The molecular formula is C18H28N2O. The summed E-state index contributed by atoms with van der Waals surface area (Å²) < 4.78 is 1.99. The van der Waals surface area contributed by atoms with Crippen molar-refractivity contribution in [2.45, 2.75) is 27.7 Å². The lowest BCUT2D eigenvalue weighted by atomic mass is 10.0. The fourth-order valence-electron chi connectivity index (χ4n) is 2.14. The quantitative estimate of drug-likeness (QED) is 0.841. The fourth-order valence-corrected chi connectivity index (χ4v) is 2.14. The number of fused-ring (bicyclic) bond motifs is 1. The van der Waals surface area contributed by atoms with E-state index < -0.39 is 0 Å². The van der Waals surface area contributed by atoms with Crippen molar-refractivity contribution in [3.63, 3.8) is 0 Å². The van der Waals surface area contributed by atoms with Gasteiger partial charge in [-0.15, -0.1) is 0 Å². The Balaban J connectivity index is 0.000000713. The summed E-state index contributed by atoms with van der Waals surface area (Å²) in [4.78, 5) is 11.0. The first-order valence-corrected chi connectivity index (χ1v) is 7.25. The van der Waals surface area contributed by atoms with Gasteiger partial charge in [-0.1, -0.05) is 20.4 Å². The van der Waals surface area contributed by atoms with Crippen LogP contribution in [0.2, 0.25) is 0 Å². The van der Waals surface area contributed by atoms with Crippen LogP contribution in [0.15, 0.2) is 24.9 Å². The first-order valence-electron chi connectivity index (χ1n) is 7.25. The average molecular weight is 288 g/mol. The Morgan fingerprint density at radius 3 is 2.24 bits per heavy atom. The van der Waals surface area contributed by atoms with Gasteiger partial charge in [0.1, 0.15) is 0 Å². The smallest absolute Gasteiger partial charge is 0.152 e. The van der Waals surface area contributed by atoms with E-state index in [0.717, 1.165) is 39.5 Å². The van der Waals surface area contributed by atoms with Gasteiger partial charge in [-0.3, -0.25) is 4.79 Å². The van der Waals surface area contributed by atoms with E-state index >= 15 is 0 Å². The molecule has 2 aromatic rings. The van der Waals surface area contributed by atoms with Crippen LogP contribution in [0.1, 0.15) is 42.3 Å². The molecule has 0 bridgehead atoms. The number of carbonyl (C=O) groups excluding carboxylic acids is 1. The molecule has 2 rings (SSSR count). The topological polar surface area (TPSA) is 34.0 Å². The third-order valence-corrected chi connectivity index (χ3v) is 2.84. The maximum atomic E-state index is 11.0. The minimum absolute atomic E-state index is 0.740. The molecule has 1 aromatic heterocycles. The van der Waals surface area contributed by atoms with E-state index in [0.29, 0.717) is 0 Å². The summed E-state index contributed by atoms with van der Waals surface area (Å²) in [7, 11) is 5.71. The number of hydrogen-bond acceptors (Lipinski definition) is 2. The van der Waals surface area contributed by atoms with Crippen molar-refractivity contribution in [2.24, 2.45) is 7.05 Å². The lowest BCUT2D eigenvalue weighted by Crippen LogP contribution is -1.90. The van der Waals surface area contributed by atoms with Gasteiger partial charge in [-0.2, -0.15) is 0 Å². The van der Waals surface area contributed by atoms with Gasteiger partial charge in [0.2, 0.25) is 0 Å². The highest BCUT2D eigenvalue weighted by Crippen LogP contribution is 2.28. The van der Waals surface area contributed by atoms with Crippen LogP contribution in [-0.4, -0.2) is 24.9 Å². The van der Waals surface area contributed by atoms with Gasteiger partial charge in [-0.05, 0) is 51.2 Å². The van der Waals surface area contributed by atoms with Gasteiger partial charge in [-0.25, -0.2) is 0 Å². The first-order chi connectivity index (χ1) is 9.96. The minimum Gasteiger partial charge on any atom is -0.349 e. The molecule has 3 heteroatoms. The molecule has 0 radical (unpaired) electrons. The zero-order valence-corrected chi connectivity index (χ0v) is 14.4. The molecule has 1 N–H and O–H groups in total. The summed E-state index contributed by atoms with van der Waals surface area (Å²) >= 11 is 0. The molecule has 21 heavy (non-hydrogen) atoms. The van der Waals surface area contributed by atoms with Crippen LogP contribution in [0.4, 0.5) is 0 Å². The molecule has 0 atom stereocenters. The number of aryl methyl sites for hydroxylation is 2. The Kier molecular flexibility index (Phi) is 8.32. The number of allylic oxidation sites excluding steroid dienone is 1. The highest BCUT2D eigenvalue weighted by atomic mass is 16.1. The van der Waals surface area contributed by atoms with Crippen LogP contribution >= 0.6 is 0 Å². The highest BCUT2D eigenvalue weighted by Gasteiger charge is 2.11. The van der Waals surface area contributed by atoms with Crippen molar-refractivity contribution >= 4 is 22.8 Å². The number of aldehydes is 1. The second-order valence-electron chi connectivity index (χ2n) is 4.80. The van der Waals surface area contributed by atoms with E-state index in [-0.39, 0.29) is 0 Å². The van der Waals surface area contributed by atoms with Crippen LogP contribution in [-0.2, 0) is 7.05 Å². The summed E-state index contributed by atoms with van der Waals surface area (Å²) in [5.41, 5.74) is 5.11. The molecule has 0 aliphatic heterocycles. The van der Waals surface area contributed by atoms with Gasteiger partial charge in [0, 0.05) is 29.8 Å². The molecule has 0 amide bonds. The lowest BCUT2D eigenvalue weighted by Gasteiger charge is -2.07. The van der Waals surface area contributed by atoms with E-state index in [1.165, 1.54) is 0 Å². The highest BCUT2D eigenvalue weighted by molar-refractivity contribution is 6.02. The van der Waals surface area contributed by atoms with Crippen molar-refractivity contribution < 1.29 is 4.79 Å². The van der Waals surface area contributed by atoms with E-state index in [1.54, 1.807) is 0 Å². The largest absolute Gasteiger partial charge is 0.349 e. The van der Waals surface area contributed by atoms with E-state index in [4.69, 9.17) is 0 Å². The maximum Gasteiger partial charge on any atom is 0.152 e. The molecule has 0 fully saturated rings. The SMILES string of the molecule is C=C(C)c1cc(C)cc2c(C=O)cn(C)c12.CC.CNC. The fraction of sp³-hybridized carbons (Fsp3) is 0.389. The van der Waals surface area contributed by atoms with Crippen molar-refractivity contribution in [1.29, 1.82) is 0 Å². The third kappa shape index (κ3) is 4.57. The number of carbonyl (C=O) groups is 1. The Labute approximate surface area is 128 Å². The molecule has 0 saturated carbocycles. The number of hydrogen-bond donors (Lipinski definition) is 1. The molecule has 0 unspecified atom stereocenters. The molecule has 0 saturated heterocycles. The zero-order valence-electron chi connectivity index (χ0n) is 14.4. The monoisotopic (exact) mass is 288 g/mol. The van der Waals surface area contributed by atoms with Crippen molar-refractivity contribution in [2.75, 3.05) is 14.1 Å². The Morgan fingerprint density at radius 1 is 1.29 bits per heavy atom. The Bertz CT molecular complexity index is 609. The van der Waals surface area contributed by atoms with Gasteiger partial charge < -0.3 is 9.88 Å².